The molecule has 0 saturated carbocycles. The van der Waals surface area contributed by atoms with Gasteiger partial charge in [-0.3, -0.25) is 0 Å². The van der Waals surface area contributed by atoms with E-state index in [1.54, 1.807) is 0 Å². The van der Waals surface area contributed by atoms with Gasteiger partial charge in [-0.05, 0) is 31.9 Å². The molecule has 2 aliphatic heterocycles. The summed E-state index contributed by atoms with van der Waals surface area (Å²) >= 11 is 1.91. The first-order valence-corrected chi connectivity index (χ1v) is 7.59. The first-order valence-electron chi connectivity index (χ1n) is 6.44. The maximum atomic E-state index is 12.0. The Morgan fingerprint density at radius 3 is 3.00 bits per heavy atom. The van der Waals surface area contributed by atoms with Gasteiger partial charge >= 0.3 is 6.09 Å². The fourth-order valence-corrected chi connectivity index (χ4v) is 3.58. The molecule has 2 atom stereocenters. The first kappa shape index (κ1) is 13.0. The van der Waals surface area contributed by atoms with Crippen molar-refractivity contribution in [3.63, 3.8) is 0 Å². The zero-order valence-electron chi connectivity index (χ0n) is 10.4. The Morgan fingerprint density at radius 2 is 2.41 bits per heavy atom. The minimum atomic E-state index is -0.171. The zero-order chi connectivity index (χ0) is 12.1. The highest BCUT2D eigenvalue weighted by Gasteiger charge is 2.31. The molecule has 5 heteroatoms. The van der Waals surface area contributed by atoms with Crippen LogP contribution in [0.4, 0.5) is 4.79 Å². The lowest BCUT2D eigenvalue weighted by Gasteiger charge is -2.29. The van der Waals surface area contributed by atoms with Crippen molar-refractivity contribution < 1.29 is 14.3 Å². The van der Waals surface area contributed by atoms with Crippen LogP contribution in [-0.4, -0.2) is 54.4 Å². The second kappa shape index (κ2) is 6.50. The number of amides is 1. The second-order valence-corrected chi connectivity index (χ2v) is 5.65. The SMILES string of the molecule is CCOC(=O)N(CC1CCCO1)C1CCSC1. The van der Waals surface area contributed by atoms with Crippen LogP contribution in [0.2, 0.25) is 0 Å². The maximum absolute atomic E-state index is 12.0. The number of rotatable bonds is 4. The van der Waals surface area contributed by atoms with Gasteiger partial charge in [0.05, 0.1) is 19.3 Å². The monoisotopic (exact) mass is 259 g/mol. The topological polar surface area (TPSA) is 38.8 Å². The van der Waals surface area contributed by atoms with Crippen LogP contribution in [0.25, 0.3) is 0 Å². The lowest BCUT2D eigenvalue weighted by atomic mass is 10.2. The predicted octanol–water partition coefficient (Wildman–Crippen LogP) is 2.13. The molecule has 2 aliphatic rings. The highest BCUT2D eigenvalue weighted by Crippen LogP contribution is 2.24. The molecule has 0 radical (unpaired) electrons. The summed E-state index contributed by atoms with van der Waals surface area (Å²) in [6, 6.07) is 0.336. The molecule has 2 heterocycles. The molecule has 0 aliphatic carbocycles. The van der Waals surface area contributed by atoms with E-state index < -0.39 is 0 Å². The summed E-state index contributed by atoms with van der Waals surface area (Å²) in [6.07, 6.45) is 3.30. The minimum absolute atomic E-state index is 0.171. The van der Waals surface area contributed by atoms with Gasteiger partial charge in [0.25, 0.3) is 0 Å². The molecule has 98 valence electrons. The Balaban J connectivity index is 1.92. The van der Waals surface area contributed by atoms with Gasteiger partial charge in [-0.15, -0.1) is 0 Å². The Labute approximate surface area is 107 Å². The first-order chi connectivity index (χ1) is 8.31. The molecule has 2 unspecified atom stereocenters. The number of hydrogen-bond acceptors (Lipinski definition) is 4. The molecule has 0 aromatic heterocycles. The molecule has 1 amide bonds. The van der Waals surface area contributed by atoms with E-state index in [9.17, 15) is 4.79 Å². The Morgan fingerprint density at radius 1 is 1.53 bits per heavy atom. The van der Waals surface area contributed by atoms with Gasteiger partial charge in [0, 0.05) is 18.4 Å². The van der Waals surface area contributed by atoms with E-state index in [0.717, 1.165) is 37.4 Å². The van der Waals surface area contributed by atoms with Crippen LogP contribution in [0.1, 0.15) is 26.2 Å². The zero-order valence-corrected chi connectivity index (χ0v) is 11.2. The third-order valence-corrected chi connectivity index (χ3v) is 4.42. The number of thioether (sulfide) groups is 1. The quantitative estimate of drug-likeness (QED) is 0.775. The van der Waals surface area contributed by atoms with Gasteiger partial charge in [0.15, 0.2) is 0 Å². The number of nitrogens with zero attached hydrogens (tertiary/aromatic N) is 1. The van der Waals surface area contributed by atoms with Crippen LogP contribution in [-0.2, 0) is 9.47 Å². The summed E-state index contributed by atoms with van der Waals surface area (Å²) in [4.78, 5) is 13.8. The van der Waals surface area contributed by atoms with Crippen molar-refractivity contribution in [1.82, 2.24) is 4.90 Å². The normalized spacial score (nSPS) is 28.3. The standard InChI is InChI=1S/C12H21NO3S/c1-2-15-12(14)13(10-5-7-17-9-10)8-11-4-3-6-16-11/h10-11H,2-9H2,1H3. The lowest BCUT2D eigenvalue weighted by molar-refractivity contribution is 0.0463. The van der Waals surface area contributed by atoms with Gasteiger partial charge < -0.3 is 14.4 Å². The summed E-state index contributed by atoms with van der Waals surface area (Å²) in [5.41, 5.74) is 0. The molecule has 0 aromatic carbocycles. The van der Waals surface area contributed by atoms with Crippen LogP contribution in [0.5, 0.6) is 0 Å². The number of hydrogen-bond donors (Lipinski definition) is 0. The molecule has 0 aromatic rings. The van der Waals surface area contributed by atoms with Crippen molar-refractivity contribution in [1.29, 1.82) is 0 Å². The van der Waals surface area contributed by atoms with Crippen molar-refractivity contribution in [2.45, 2.75) is 38.3 Å². The third kappa shape index (κ3) is 3.52. The van der Waals surface area contributed by atoms with Gasteiger partial charge in [-0.1, -0.05) is 0 Å². The molecule has 2 saturated heterocycles. The van der Waals surface area contributed by atoms with E-state index in [1.807, 2.05) is 23.6 Å². The Hall–Kier alpha value is -0.420. The molecule has 0 bridgehead atoms. The summed E-state index contributed by atoms with van der Waals surface area (Å²) in [5, 5.41) is 0. The molecule has 2 fully saturated rings. The summed E-state index contributed by atoms with van der Waals surface area (Å²) in [6.45, 7) is 3.83. The highest BCUT2D eigenvalue weighted by atomic mass is 32.2. The average Bonchev–Trinajstić information content (AvgIpc) is 2.99. The van der Waals surface area contributed by atoms with E-state index in [4.69, 9.17) is 9.47 Å². The Kier molecular flexibility index (Phi) is 4.98. The highest BCUT2D eigenvalue weighted by molar-refractivity contribution is 7.99. The second-order valence-electron chi connectivity index (χ2n) is 4.50. The van der Waals surface area contributed by atoms with Crippen LogP contribution < -0.4 is 0 Å². The summed E-state index contributed by atoms with van der Waals surface area (Å²) in [7, 11) is 0. The van der Waals surface area contributed by atoms with Crippen LogP contribution in [0, 0.1) is 0 Å². The largest absolute Gasteiger partial charge is 0.450 e. The molecule has 4 nitrogen and oxygen atoms in total. The van der Waals surface area contributed by atoms with E-state index >= 15 is 0 Å². The van der Waals surface area contributed by atoms with Gasteiger partial charge in [-0.2, -0.15) is 11.8 Å². The fraction of sp³-hybridized carbons (Fsp3) is 0.917. The Bertz CT molecular complexity index is 250. The predicted molar refractivity (Wildman–Crippen MR) is 68.4 cm³/mol. The van der Waals surface area contributed by atoms with Gasteiger partial charge in [0.2, 0.25) is 0 Å². The third-order valence-electron chi connectivity index (χ3n) is 3.27. The van der Waals surface area contributed by atoms with Gasteiger partial charge in [0.1, 0.15) is 0 Å². The summed E-state index contributed by atoms with van der Waals surface area (Å²) in [5.74, 6) is 2.18. The molecule has 0 N–H and O–H groups in total. The molecule has 17 heavy (non-hydrogen) atoms. The van der Waals surface area contributed by atoms with Crippen LogP contribution >= 0.6 is 11.8 Å². The maximum Gasteiger partial charge on any atom is 0.410 e. The van der Waals surface area contributed by atoms with E-state index in [-0.39, 0.29) is 12.2 Å². The van der Waals surface area contributed by atoms with E-state index in [2.05, 4.69) is 0 Å². The van der Waals surface area contributed by atoms with E-state index in [1.165, 1.54) is 0 Å². The number of carbonyl (C=O) groups excluding carboxylic acids is 1. The van der Waals surface area contributed by atoms with Crippen molar-refractivity contribution in [2.24, 2.45) is 0 Å². The molecule has 2 rings (SSSR count). The van der Waals surface area contributed by atoms with E-state index in [0.29, 0.717) is 19.2 Å². The van der Waals surface area contributed by atoms with Crippen LogP contribution in [0.3, 0.4) is 0 Å². The number of carbonyl (C=O) groups is 1. The summed E-state index contributed by atoms with van der Waals surface area (Å²) < 4.78 is 10.8. The fourth-order valence-electron chi connectivity index (χ4n) is 2.35. The molecular formula is C12H21NO3S. The molecular weight excluding hydrogens is 238 g/mol. The van der Waals surface area contributed by atoms with Crippen LogP contribution in [0.15, 0.2) is 0 Å². The van der Waals surface area contributed by atoms with Crippen molar-refractivity contribution in [3.8, 4) is 0 Å². The lowest BCUT2D eigenvalue weighted by Crippen LogP contribution is -2.45. The van der Waals surface area contributed by atoms with Crippen molar-refractivity contribution in [2.75, 3.05) is 31.3 Å². The van der Waals surface area contributed by atoms with Crippen molar-refractivity contribution in [3.05, 3.63) is 0 Å². The number of ether oxygens (including phenoxy) is 2. The minimum Gasteiger partial charge on any atom is -0.450 e. The molecule has 0 spiro atoms. The smallest absolute Gasteiger partial charge is 0.410 e. The van der Waals surface area contributed by atoms with Crippen molar-refractivity contribution >= 4 is 17.9 Å². The average molecular weight is 259 g/mol. The van der Waals surface area contributed by atoms with Gasteiger partial charge in [-0.25, -0.2) is 4.79 Å².